The molecule has 10 nitrogen and oxygen atoms in total. The summed E-state index contributed by atoms with van der Waals surface area (Å²) in [5, 5.41) is 5.89. The molecule has 0 aromatic heterocycles. The van der Waals surface area contributed by atoms with E-state index in [2.05, 4.69) is 32.2 Å². The molecule has 1 heterocycles. The molecule has 0 spiro atoms. The summed E-state index contributed by atoms with van der Waals surface area (Å²) in [4.78, 5) is 23.3. The van der Waals surface area contributed by atoms with Crippen molar-refractivity contribution in [3.63, 3.8) is 0 Å². The molecule has 40 heavy (non-hydrogen) atoms. The molecule has 2 amide bonds. The Kier molecular flexibility index (Phi) is 9.96. The van der Waals surface area contributed by atoms with Gasteiger partial charge < -0.3 is 29.6 Å². The van der Waals surface area contributed by atoms with Crippen LogP contribution < -0.4 is 24.8 Å². The number of carbonyl (C=O) groups excluding carboxylic acids is 1. The summed E-state index contributed by atoms with van der Waals surface area (Å²) in [6.07, 6.45) is 0. The number of amides is 2. The Morgan fingerprint density at radius 1 is 1.02 bits per heavy atom. The highest BCUT2D eigenvalue weighted by atomic mass is 35.5. The number of hydrogen-bond acceptors (Lipinski definition) is 8. The minimum Gasteiger partial charge on any atom is -0.493 e. The fourth-order valence-corrected chi connectivity index (χ4v) is 4.38. The van der Waals surface area contributed by atoms with Crippen molar-refractivity contribution < 1.29 is 23.7 Å². The summed E-state index contributed by atoms with van der Waals surface area (Å²) < 4.78 is 22.1. The third kappa shape index (κ3) is 7.29. The first-order valence-electron chi connectivity index (χ1n) is 12.6. The topological polar surface area (TPSA) is 106 Å². The number of ether oxygens (including phenoxy) is 4. The van der Waals surface area contributed by atoms with Crippen molar-refractivity contribution in [3.8, 4) is 17.2 Å². The maximum atomic E-state index is 12.6. The summed E-state index contributed by atoms with van der Waals surface area (Å²) >= 11 is 6.47. The van der Waals surface area contributed by atoms with Crippen molar-refractivity contribution in [1.29, 1.82) is 0 Å². The van der Waals surface area contributed by atoms with E-state index in [1.807, 2.05) is 24.3 Å². The number of nitrogens with zero attached hydrogens (tertiary/aromatic N) is 3. The molecule has 3 aromatic rings. The molecule has 3 aromatic carbocycles. The second-order valence-corrected chi connectivity index (χ2v) is 9.23. The Morgan fingerprint density at radius 3 is 2.35 bits per heavy atom. The number of nitrogens with one attached hydrogen (secondary N) is 2. The van der Waals surface area contributed by atoms with Gasteiger partial charge in [-0.25, -0.2) is 4.79 Å². The molecular formula is C29H32ClN5O5. The molecule has 0 aliphatic carbocycles. The Bertz CT molecular complexity index is 1370. The molecule has 0 saturated carbocycles. The van der Waals surface area contributed by atoms with E-state index in [0.29, 0.717) is 44.9 Å². The minimum atomic E-state index is -0.417. The van der Waals surface area contributed by atoms with Gasteiger partial charge in [0.25, 0.3) is 0 Å². The van der Waals surface area contributed by atoms with Crippen molar-refractivity contribution in [3.05, 3.63) is 70.7 Å². The van der Waals surface area contributed by atoms with Crippen LogP contribution in [-0.2, 0) is 11.3 Å². The fourth-order valence-electron chi connectivity index (χ4n) is 4.16. The van der Waals surface area contributed by atoms with Crippen LogP contribution >= 0.6 is 11.6 Å². The van der Waals surface area contributed by atoms with Crippen LogP contribution in [0.1, 0.15) is 11.1 Å². The highest BCUT2D eigenvalue weighted by molar-refractivity contribution is 6.34. The van der Waals surface area contributed by atoms with Gasteiger partial charge in [-0.15, -0.1) is 0 Å². The van der Waals surface area contributed by atoms with Gasteiger partial charge in [-0.1, -0.05) is 23.7 Å². The summed E-state index contributed by atoms with van der Waals surface area (Å²) in [7, 11) is 4.67. The number of aliphatic imine (C=N–C) groups is 2. The first kappa shape index (κ1) is 28.9. The number of methoxy groups -OCH3 is 2. The van der Waals surface area contributed by atoms with Crippen LogP contribution in [0, 0.1) is 0 Å². The standard InChI is InChI=1S/C29H32ClN5O5/c1-31-25-17-27(38-4)26(37-3)16-22(25)28(32-2)40-21-9-10-24(23(30)15-21)34-29(36)33-20-7-5-19(6-8-20)18-35-11-13-39-14-12-35/h5-10,15-17H,1,11-14,18H2,2-4H3,(H2,33,34,36). The summed E-state index contributed by atoms with van der Waals surface area (Å²) in [5.41, 5.74) is 3.33. The normalized spacial score (nSPS) is 13.8. The van der Waals surface area contributed by atoms with E-state index in [4.69, 9.17) is 30.5 Å². The van der Waals surface area contributed by atoms with Gasteiger partial charge in [0.2, 0.25) is 5.90 Å². The van der Waals surface area contributed by atoms with Crippen LogP contribution in [-0.4, -0.2) is 71.1 Å². The lowest BCUT2D eigenvalue weighted by molar-refractivity contribution is 0.0342. The lowest BCUT2D eigenvalue weighted by Crippen LogP contribution is -2.35. The van der Waals surface area contributed by atoms with Crippen LogP contribution in [0.15, 0.2) is 64.6 Å². The van der Waals surface area contributed by atoms with E-state index < -0.39 is 6.03 Å². The Morgan fingerprint density at radius 2 is 1.73 bits per heavy atom. The van der Waals surface area contributed by atoms with E-state index in [1.54, 1.807) is 37.4 Å². The molecule has 4 rings (SSSR count). The molecule has 0 bridgehead atoms. The summed E-state index contributed by atoms with van der Waals surface area (Å²) in [6.45, 7) is 7.83. The van der Waals surface area contributed by atoms with Crippen molar-refractivity contribution in [2.75, 3.05) is 58.2 Å². The summed E-state index contributed by atoms with van der Waals surface area (Å²) in [6, 6.07) is 15.6. The van der Waals surface area contributed by atoms with Gasteiger partial charge in [0, 0.05) is 44.5 Å². The molecule has 1 aliphatic rings. The van der Waals surface area contributed by atoms with Crippen molar-refractivity contribution in [1.82, 2.24) is 4.90 Å². The predicted octanol–water partition coefficient (Wildman–Crippen LogP) is 5.62. The largest absolute Gasteiger partial charge is 0.493 e. The minimum absolute atomic E-state index is 0.273. The molecule has 0 radical (unpaired) electrons. The number of anilines is 2. The summed E-state index contributed by atoms with van der Waals surface area (Å²) in [5.74, 6) is 1.68. The number of urea groups is 1. The molecule has 1 saturated heterocycles. The third-order valence-electron chi connectivity index (χ3n) is 6.23. The quantitative estimate of drug-likeness (QED) is 0.258. The first-order valence-corrected chi connectivity index (χ1v) is 13.0. The second-order valence-electron chi connectivity index (χ2n) is 8.82. The zero-order valence-corrected chi connectivity index (χ0v) is 23.5. The van der Waals surface area contributed by atoms with Gasteiger partial charge in [0.1, 0.15) is 5.75 Å². The number of hydrogen-bond donors (Lipinski definition) is 2. The maximum absolute atomic E-state index is 12.6. The smallest absolute Gasteiger partial charge is 0.323 e. The number of halogens is 1. The monoisotopic (exact) mass is 565 g/mol. The van der Waals surface area contributed by atoms with E-state index in [1.165, 1.54) is 19.8 Å². The van der Waals surface area contributed by atoms with Gasteiger partial charge in [0.15, 0.2) is 11.5 Å². The van der Waals surface area contributed by atoms with Crippen LogP contribution in [0.2, 0.25) is 5.02 Å². The molecule has 0 unspecified atom stereocenters. The molecule has 1 aliphatic heterocycles. The highest BCUT2D eigenvalue weighted by Crippen LogP contribution is 2.36. The first-order chi connectivity index (χ1) is 19.4. The predicted molar refractivity (Wildman–Crippen MR) is 158 cm³/mol. The van der Waals surface area contributed by atoms with Crippen LogP contribution in [0.5, 0.6) is 17.2 Å². The van der Waals surface area contributed by atoms with Gasteiger partial charge in [-0.3, -0.25) is 14.9 Å². The van der Waals surface area contributed by atoms with Crippen molar-refractivity contribution >= 4 is 47.3 Å². The average molecular weight is 566 g/mol. The SMILES string of the molecule is C=Nc1cc(OC)c(OC)cc1C(=NC)Oc1ccc(NC(=O)Nc2ccc(CN3CCOCC3)cc2)c(Cl)c1. The zero-order chi connectivity index (χ0) is 28.5. The highest BCUT2D eigenvalue weighted by Gasteiger charge is 2.18. The number of rotatable bonds is 9. The number of morpholine rings is 1. The average Bonchev–Trinajstić information content (AvgIpc) is 2.98. The molecule has 11 heteroatoms. The van der Waals surface area contributed by atoms with Crippen LogP contribution in [0.25, 0.3) is 0 Å². The van der Waals surface area contributed by atoms with Gasteiger partial charge in [-0.2, -0.15) is 0 Å². The molecule has 210 valence electrons. The van der Waals surface area contributed by atoms with E-state index in [0.717, 1.165) is 32.8 Å². The van der Waals surface area contributed by atoms with Gasteiger partial charge >= 0.3 is 6.03 Å². The van der Waals surface area contributed by atoms with E-state index in [-0.39, 0.29) is 5.90 Å². The van der Waals surface area contributed by atoms with E-state index >= 15 is 0 Å². The number of carbonyl (C=O) groups is 1. The molecule has 1 fully saturated rings. The third-order valence-corrected chi connectivity index (χ3v) is 6.54. The van der Waals surface area contributed by atoms with E-state index in [9.17, 15) is 4.79 Å². The van der Waals surface area contributed by atoms with Crippen molar-refractivity contribution in [2.45, 2.75) is 6.54 Å². The lowest BCUT2D eigenvalue weighted by Gasteiger charge is -2.26. The molecule has 2 N–H and O–H groups in total. The Balaban J connectivity index is 1.39. The maximum Gasteiger partial charge on any atom is 0.323 e. The van der Waals surface area contributed by atoms with Crippen molar-refractivity contribution in [2.24, 2.45) is 9.98 Å². The zero-order valence-electron chi connectivity index (χ0n) is 22.7. The molecular weight excluding hydrogens is 534 g/mol. The fraction of sp³-hybridized carbons (Fsp3) is 0.276. The van der Waals surface area contributed by atoms with Gasteiger partial charge in [0.05, 0.1) is 49.4 Å². The van der Waals surface area contributed by atoms with Crippen LogP contribution in [0.4, 0.5) is 21.9 Å². The Labute approximate surface area is 238 Å². The lowest BCUT2D eigenvalue weighted by atomic mass is 10.1. The number of benzene rings is 3. The van der Waals surface area contributed by atoms with Crippen LogP contribution in [0.3, 0.4) is 0 Å². The van der Waals surface area contributed by atoms with Gasteiger partial charge in [-0.05, 0) is 42.6 Å². The second kappa shape index (κ2) is 13.8. The molecule has 0 atom stereocenters. The Hall–Kier alpha value is -4.12.